The third-order valence-electron chi connectivity index (χ3n) is 4.25. The molecule has 5 nitrogen and oxygen atoms in total. The molecule has 0 aliphatic carbocycles. The van der Waals surface area contributed by atoms with Crippen LogP contribution in [0.15, 0.2) is 18.2 Å². The highest BCUT2D eigenvalue weighted by atomic mass is 19.1. The van der Waals surface area contributed by atoms with Gasteiger partial charge >= 0.3 is 6.03 Å². The molecule has 0 saturated carbocycles. The molecule has 1 aromatic rings. The maximum Gasteiger partial charge on any atom is 0.317 e. The van der Waals surface area contributed by atoms with Crippen LogP contribution in [0.25, 0.3) is 0 Å². The smallest absolute Gasteiger partial charge is 0.317 e. The van der Waals surface area contributed by atoms with Crippen molar-refractivity contribution in [2.75, 3.05) is 27.2 Å². The molecule has 1 heterocycles. The number of hydrogen-bond donors (Lipinski definition) is 1. The molecule has 1 N–H and O–H groups in total. The molecule has 126 valence electrons. The molecule has 23 heavy (non-hydrogen) atoms. The third kappa shape index (κ3) is 4.21. The van der Waals surface area contributed by atoms with Gasteiger partial charge in [0.05, 0.1) is 6.04 Å². The first kappa shape index (κ1) is 17.2. The van der Waals surface area contributed by atoms with Gasteiger partial charge in [0.15, 0.2) is 0 Å². The van der Waals surface area contributed by atoms with E-state index in [0.717, 1.165) is 17.5 Å². The number of carbonyl (C=O) groups is 2. The van der Waals surface area contributed by atoms with Crippen molar-refractivity contribution in [3.05, 3.63) is 35.1 Å². The second-order valence-corrected chi connectivity index (χ2v) is 6.09. The Hall–Kier alpha value is -2.11. The van der Waals surface area contributed by atoms with Crippen LogP contribution in [-0.4, -0.2) is 48.9 Å². The second kappa shape index (κ2) is 7.44. The van der Waals surface area contributed by atoms with Crippen molar-refractivity contribution in [1.29, 1.82) is 0 Å². The molecule has 0 aromatic heterocycles. The minimum atomic E-state index is -0.278. The predicted octanol–water partition coefficient (Wildman–Crippen LogP) is 2.32. The van der Waals surface area contributed by atoms with Crippen molar-refractivity contribution < 1.29 is 14.0 Å². The number of benzene rings is 1. The summed E-state index contributed by atoms with van der Waals surface area (Å²) in [6.45, 7) is 2.98. The van der Waals surface area contributed by atoms with Gasteiger partial charge in [0.25, 0.3) is 0 Å². The Kier molecular flexibility index (Phi) is 5.58. The van der Waals surface area contributed by atoms with Gasteiger partial charge in [-0.3, -0.25) is 4.79 Å². The fourth-order valence-electron chi connectivity index (χ4n) is 2.82. The van der Waals surface area contributed by atoms with Gasteiger partial charge in [0.1, 0.15) is 5.82 Å². The average Bonchev–Trinajstić information content (AvgIpc) is 2.51. The second-order valence-electron chi connectivity index (χ2n) is 6.09. The number of halogens is 1. The van der Waals surface area contributed by atoms with Gasteiger partial charge < -0.3 is 15.1 Å². The molecule has 0 unspecified atom stereocenters. The molecule has 2 rings (SSSR count). The highest BCUT2D eigenvalue weighted by molar-refractivity contribution is 5.76. The molecular formula is C17H24FN3O2. The summed E-state index contributed by atoms with van der Waals surface area (Å²) in [4.78, 5) is 27.0. The summed E-state index contributed by atoms with van der Waals surface area (Å²) < 4.78 is 13.4. The minimum absolute atomic E-state index is 0.0509. The highest BCUT2D eigenvalue weighted by Gasteiger charge is 2.27. The number of fused-ring (bicyclic) bond motifs is 1. The van der Waals surface area contributed by atoms with Crippen molar-refractivity contribution in [1.82, 2.24) is 15.1 Å². The van der Waals surface area contributed by atoms with E-state index in [4.69, 9.17) is 0 Å². The van der Waals surface area contributed by atoms with Crippen LogP contribution in [0.5, 0.6) is 0 Å². The van der Waals surface area contributed by atoms with Crippen LogP contribution in [-0.2, 0) is 11.2 Å². The summed E-state index contributed by atoms with van der Waals surface area (Å²) >= 11 is 0. The van der Waals surface area contributed by atoms with E-state index >= 15 is 0 Å². The number of hydrogen-bond acceptors (Lipinski definition) is 2. The zero-order valence-electron chi connectivity index (χ0n) is 13.9. The van der Waals surface area contributed by atoms with Crippen LogP contribution in [0, 0.1) is 5.82 Å². The number of carbonyl (C=O) groups excluding carboxylic acids is 2. The monoisotopic (exact) mass is 321 g/mol. The summed E-state index contributed by atoms with van der Waals surface area (Å²) in [5, 5.41) is 2.85. The lowest BCUT2D eigenvalue weighted by atomic mass is 9.94. The molecule has 0 saturated heterocycles. The SMILES string of the molecule is C[C@@H]1c2cc(F)ccc2CCN1C(=O)NCCCC(=O)N(C)C. The maximum absolute atomic E-state index is 13.4. The van der Waals surface area contributed by atoms with Crippen molar-refractivity contribution in [3.8, 4) is 0 Å². The van der Waals surface area contributed by atoms with E-state index in [1.54, 1.807) is 30.0 Å². The quantitative estimate of drug-likeness (QED) is 0.865. The van der Waals surface area contributed by atoms with Crippen LogP contribution in [0.4, 0.5) is 9.18 Å². The van der Waals surface area contributed by atoms with E-state index in [0.29, 0.717) is 25.9 Å². The summed E-state index contributed by atoms with van der Waals surface area (Å²) in [6, 6.07) is 4.45. The first-order valence-electron chi connectivity index (χ1n) is 7.93. The fourth-order valence-corrected chi connectivity index (χ4v) is 2.82. The molecule has 1 atom stereocenters. The number of nitrogens with one attached hydrogen (secondary N) is 1. The molecule has 0 fully saturated rings. The molecule has 1 aromatic carbocycles. The van der Waals surface area contributed by atoms with Crippen LogP contribution in [0.2, 0.25) is 0 Å². The zero-order chi connectivity index (χ0) is 17.0. The largest absolute Gasteiger partial charge is 0.349 e. The summed E-state index contributed by atoms with van der Waals surface area (Å²) in [5.41, 5.74) is 1.97. The van der Waals surface area contributed by atoms with Crippen LogP contribution < -0.4 is 5.32 Å². The zero-order valence-corrected chi connectivity index (χ0v) is 13.9. The minimum Gasteiger partial charge on any atom is -0.349 e. The van der Waals surface area contributed by atoms with Crippen molar-refractivity contribution in [3.63, 3.8) is 0 Å². The standard InChI is InChI=1S/C17H24FN3O2/c1-12-15-11-14(18)7-6-13(15)8-10-21(12)17(23)19-9-4-5-16(22)20(2)3/h6-7,11-12H,4-5,8-10H2,1-3H3,(H,19,23)/t12-/m1/s1. The van der Waals surface area contributed by atoms with E-state index in [1.807, 2.05) is 6.92 Å². The van der Waals surface area contributed by atoms with Gasteiger partial charge in [0.2, 0.25) is 5.91 Å². The fraction of sp³-hybridized carbons (Fsp3) is 0.529. The Labute approximate surface area is 136 Å². The first-order chi connectivity index (χ1) is 10.9. The van der Waals surface area contributed by atoms with Gasteiger partial charge in [-0.15, -0.1) is 0 Å². The normalized spacial score (nSPS) is 16.7. The van der Waals surface area contributed by atoms with Gasteiger partial charge in [-0.25, -0.2) is 9.18 Å². The van der Waals surface area contributed by atoms with E-state index in [-0.39, 0.29) is 23.8 Å². The summed E-state index contributed by atoms with van der Waals surface area (Å²) in [5.74, 6) is -0.227. The Balaban J connectivity index is 1.87. The maximum atomic E-state index is 13.4. The van der Waals surface area contributed by atoms with Gasteiger partial charge in [-0.05, 0) is 43.0 Å². The Morgan fingerprint density at radius 1 is 1.39 bits per heavy atom. The third-order valence-corrected chi connectivity index (χ3v) is 4.25. The van der Waals surface area contributed by atoms with Crippen LogP contribution >= 0.6 is 0 Å². The lowest BCUT2D eigenvalue weighted by Crippen LogP contribution is -2.45. The summed E-state index contributed by atoms with van der Waals surface area (Å²) in [6.07, 6.45) is 1.75. The topological polar surface area (TPSA) is 52.7 Å². The van der Waals surface area contributed by atoms with Gasteiger partial charge in [-0.2, -0.15) is 0 Å². The Morgan fingerprint density at radius 2 is 2.13 bits per heavy atom. The number of amides is 3. The molecule has 1 aliphatic rings. The molecule has 1 aliphatic heterocycles. The highest BCUT2D eigenvalue weighted by Crippen LogP contribution is 2.29. The molecule has 6 heteroatoms. The van der Waals surface area contributed by atoms with E-state index in [9.17, 15) is 14.0 Å². The number of rotatable bonds is 4. The lowest BCUT2D eigenvalue weighted by molar-refractivity contribution is -0.128. The van der Waals surface area contributed by atoms with E-state index < -0.39 is 0 Å². The number of nitrogens with zero attached hydrogens (tertiary/aromatic N) is 2. The average molecular weight is 321 g/mol. The van der Waals surface area contributed by atoms with Crippen LogP contribution in [0.1, 0.15) is 36.9 Å². The molecule has 3 amide bonds. The molecule has 0 radical (unpaired) electrons. The first-order valence-corrected chi connectivity index (χ1v) is 7.93. The molecule has 0 bridgehead atoms. The Bertz CT molecular complexity index is 589. The predicted molar refractivity (Wildman–Crippen MR) is 86.6 cm³/mol. The molecular weight excluding hydrogens is 297 g/mol. The molecule has 0 spiro atoms. The Morgan fingerprint density at radius 3 is 2.83 bits per heavy atom. The summed E-state index contributed by atoms with van der Waals surface area (Å²) in [7, 11) is 3.43. The number of urea groups is 1. The van der Waals surface area contributed by atoms with E-state index in [1.165, 1.54) is 12.1 Å². The van der Waals surface area contributed by atoms with Crippen molar-refractivity contribution in [2.24, 2.45) is 0 Å². The van der Waals surface area contributed by atoms with Crippen molar-refractivity contribution >= 4 is 11.9 Å². The van der Waals surface area contributed by atoms with Crippen LogP contribution in [0.3, 0.4) is 0 Å². The van der Waals surface area contributed by atoms with Crippen molar-refractivity contribution in [2.45, 2.75) is 32.2 Å². The van der Waals surface area contributed by atoms with Gasteiger partial charge in [-0.1, -0.05) is 6.07 Å². The van der Waals surface area contributed by atoms with E-state index in [2.05, 4.69) is 5.32 Å². The van der Waals surface area contributed by atoms with Gasteiger partial charge in [0, 0.05) is 33.6 Å². The lowest BCUT2D eigenvalue weighted by Gasteiger charge is -2.35.